The number of aryl methyl sites for hydroxylation is 1. The van der Waals surface area contributed by atoms with Crippen molar-refractivity contribution < 1.29 is 4.52 Å². The second-order valence-electron chi connectivity index (χ2n) is 2.34. The first-order valence-electron chi connectivity index (χ1n) is 3.39. The van der Waals surface area contributed by atoms with Gasteiger partial charge in [0.05, 0.1) is 0 Å². The third-order valence-corrected chi connectivity index (χ3v) is 1.41. The molecule has 0 radical (unpaired) electrons. The van der Waals surface area contributed by atoms with Crippen LogP contribution in [0.15, 0.2) is 9.62 Å². The number of rotatable bonds is 1. The molecule has 1 aromatic heterocycles. The maximum absolute atomic E-state index is 4.91. The molecule has 1 aliphatic rings. The largest absolute Gasteiger partial charge is 0.345 e. The van der Waals surface area contributed by atoms with Gasteiger partial charge >= 0.3 is 6.01 Å². The summed E-state index contributed by atoms with van der Waals surface area (Å²) in [6, 6.07) is 0.392. The van der Waals surface area contributed by atoms with E-state index in [1.54, 1.807) is 30.4 Å². The SMILES string of the molecule is Cc1noc(N2C=NNN2C)n1. The number of hydrazine groups is 2. The molecule has 0 spiro atoms. The molecular weight excluding hydrogens is 160 g/mol. The molecule has 0 fully saturated rings. The number of aromatic nitrogens is 2. The lowest BCUT2D eigenvalue weighted by molar-refractivity contribution is 0.256. The summed E-state index contributed by atoms with van der Waals surface area (Å²) in [6.45, 7) is 1.76. The zero-order valence-corrected chi connectivity index (χ0v) is 6.72. The first-order chi connectivity index (χ1) is 5.77. The van der Waals surface area contributed by atoms with E-state index in [0.717, 1.165) is 0 Å². The molecule has 0 amide bonds. The third-order valence-electron chi connectivity index (χ3n) is 1.41. The quantitative estimate of drug-likeness (QED) is 0.609. The Bertz CT molecular complexity index is 307. The van der Waals surface area contributed by atoms with Crippen molar-refractivity contribution in [3.8, 4) is 0 Å². The van der Waals surface area contributed by atoms with E-state index in [0.29, 0.717) is 11.8 Å². The van der Waals surface area contributed by atoms with Crippen molar-refractivity contribution >= 4 is 12.4 Å². The summed E-state index contributed by atoms with van der Waals surface area (Å²) in [5.41, 5.74) is 2.68. The lowest BCUT2D eigenvalue weighted by Gasteiger charge is -2.16. The van der Waals surface area contributed by atoms with Gasteiger partial charge in [0.1, 0.15) is 6.34 Å². The van der Waals surface area contributed by atoms with Crippen molar-refractivity contribution in [1.29, 1.82) is 0 Å². The van der Waals surface area contributed by atoms with Gasteiger partial charge in [-0.15, -0.1) is 5.12 Å². The molecule has 0 aromatic carbocycles. The summed E-state index contributed by atoms with van der Waals surface area (Å²) in [7, 11) is 1.78. The summed E-state index contributed by atoms with van der Waals surface area (Å²) in [6.07, 6.45) is 1.55. The van der Waals surface area contributed by atoms with Gasteiger partial charge in [-0.05, 0) is 6.92 Å². The normalized spacial score (nSPS) is 17.0. The van der Waals surface area contributed by atoms with Gasteiger partial charge in [0, 0.05) is 7.05 Å². The first kappa shape index (κ1) is 7.04. The van der Waals surface area contributed by atoms with Crippen LogP contribution in [-0.2, 0) is 0 Å². The number of nitrogens with one attached hydrogen (secondary N) is 1. The van der Waals surface area contributed by atoms with Crippen molar-refractivity contribution in [2.75, 3.05) is 12.1 Å². The third kappa shape index (κ3) is 0.996. The Kier molecular flexibility index (Phi) is 1.44. The van der Waals surface area contributed by atoms with Crippen molar-refractivity contribution in [2.24, 2.45) is 5.10 Å². The number of nitrogens with zero attached hydrogens (tertiary/aromatic N) is 5. The second kappa shape index (κ2) is 2.45. The summed E-state index contributed by atoms with van der Waals surface area (Å²) in [5, 5.41) is 10.6. The predicted octanol–water partition coefficient (Wildman–Crippen LogP) is -0.507. The van der Waals surface area contributed by atoms with Crippen molar-refractivity contribution in [3.05, 3.63) is 5.82 Å². The summed E-state index contributed by atoms with van der Waals surface area (Å²) >= 11 is 0. The van der Waals surface area contributed by atoms with Crippen LogP contribution in [0.5, 0.6) is 0 Å². The topological polar surface area (TPSA) is 69.8 Å². The molecule has 1 N–H and O–H groups in total. The minimum atomic E-state index is 0.392. The maximum atomic E-state index is 4.91. The molecule has 0 aliphatic carbocycles. The van der Waals surface area contributed by atoms with Gasteiger partial charge in [-0.25, -0.2) is 5.53 Å². The van der Waals surface area contributed by atoms with Gasteiger partial charge < -0.3 is 4.52 Å². The van der Waals surface area contributed by atoms with Crippen LogP contribution >= 0.6 is 0 Å². The van der Waals surface area contributed by atoms with E-state index in [1.165, 1.54) is 0 Å². The van der Waals surface area contributed by atoms with Gasteiger partial charge in [0.25, 0.3) is 0 Å². The van der Waals surface area contributed by atoms with Gasteiger partial charge in [-0.3, -0.25) is 0 Å². The highest BCUT2D eigenvalue weighted by Crippen LogP contribution is 2.11. The molecule has 7 heteroatoms. The molecule has 0 saturated heterocycles. The summed E-state index contributed by atoms with van der Waals surface area (Å²) < 4.78 is 4.91. The average molecular weight is 168 g/mol. The number of hydrazone groups is 1. The number of hydrogen-bond donors (Lipinski definition) is 1. The molecule has 0 saturated carbocycles. The van der Waals surface area contributed by atoms with E-state index >= 15 is 0 Å². The highest BCUT2D eigenvalue weighted by Gasteiger charge is 2.19. The summed E-state index contributed by atoms with van der Waals surface area (Å²) in [5.74, 6) is 0.596. The fourth-order valence-corrected chi connectivity index (χ4v) is 0.847. The molecule has 2 heterocycles. The van der Waals surface area contributed by atoms with E-state index in [9.17, 15) is 0 Å². The molecule has 12 heavy (non-hydrogen) atoms. The molecule has 0 bridgehead atoms. The Labute approximate surface area is 68.6 Å². The van der Waals surface area contributed by atoms with Crippen LogP contribution in [-0.4, -0.2) is 28.6 Å². The molecule has 0 unspecified atom stereocenters. The molecule has 1 aliphatic heterocycles. The van der Waals surface area contributed by atoms with E-state index in [4.69, 9.17) is 4.52 Å². The molecule has 2 rings (SSSR count). The Morgan fingerprint density at radius 1 is 1.58 bits per heavy atom. The first-order valence-corrected chi connectivity index (χ1v) is 3.39. The van der Waals surface area contributed by atoms with Crippen LogP contribution in [0.2, 0.25) is 0 Å². The standard InChI is InChI=1S/C5H8N6O/c1-4-7-5(12-8-4)11-3-6-9-10(11)2/h3,9H,1-2H3. The van der Waals surface area contributed by atoms with E-state index in [1.807, 2.05) is 0 Å². The molecule has 0 atom stereocenters. The fraction of sp³-hybridized carbons (Fsp3) is 0.400. The lowest BCUT2D eigenvalue weighted by Crippen LogP contribution is -2.39. The van der Waals surface area contributed by atoms with Crippen LogP contribution in [0, 0.1) is 6.92 Å². The van der Waals surface area contributed by atoms with Crippen LogP contribution in [0.1, 0.15) is 5.82 Å². The maximum Gasteiger partial charge on any atom is 0.345 e. The highest BCUT2D eigenvalue weighted by atomic mass is 16.5. The van der Waals surface area contributed by atoms with Crippen LogP contribution < -0.4 is 10.5 Å². The molecule has 7 nitrogen and oxygen atoms in total. The van der Waals surface area contributed by atoms with Crippen LogP contribution in [0.4, 0.5) is 6.01 Å². The lowest BCUT2D eigenvalue weighted by atomic mass is 10.7. The molecular formula is C5H8N6O. The Balaban J connectivity index is 2.24. The minimum absolute atomic E-state index is 0.392. The van der Waals surface area contributed by atoms with Gasteiger partial charge in [0.15, 0.2) is 5.82 Å². The minimum Gasteiger partial charge on any atom is -0.313 e. The number of hydrogen-bond acceptors (Lipinski definition) is 7. The van der Waals surface area contributed by atoms with Gasteiger partial charge in [0.2, 0.25) is 0 Å². The van der Waals surface area contributed by atoms with Crippen LogP contribution in [0.3, 0.4) is 0 Å². The van der Waals surface area contributed by atoms with Crippen molar-refractivity contribution in [2.45, 2.75) is 6.92 Å². The fourth-order valence-electron chi connectivity index (χ4n) is 0.847. The van der Waals surface area contributed by atoms with E-state index in [-0.39, 0.29) is 0 Å². The molecule has 64 valence electrons. The average Bonchev–Trinajstić information content (AvgIpc) is 2.58. The van der Waals surface area contributed by atoms with Crippen LogP contribution in [0.25, 0.3) is 0 Å². The zero-order valence-electron chi connectivity index (χ0n) is 6.72. The highest BCUT2D eigenvalue weighted by molar-refractivity contribution is 5.74. The monoisotopic (exact) mass is 168 g/mol. The summed E-state index contributed by atoms with van der Waals surface area (Å²) in [4.78, 5) is 4.02. The molecule has 1 aromatic rings. The van der Waals surface area contributed by atoms with Crippen molar-refractivity contribution in [1.82, 2.24) is 20.8 Å². The smallest absolute Gasteiger partial charge is 0.313 e. The van der Waals surface area contributed by atoms with E-state index < -0.39 is 0 Å². The van der Waals surface area contributed by atoms with Gasteiger partial charge in [-0.1, -0.05) is 5.16 Å². The predicted molar refractivity (Wildman–Crippen MR) is 40.9 cm³/mol. The number of anilines is 1. The Morgan fingerprint density at radius 2 is 2.42 bits per heavy atom. The Hall–Kier alpha value is -1.63. The zero-order chi connectivity index (χ0) is 8.55. The van der Waals surface area contributed by atoms with Gasteiger partial charge in [-0.2, -0.15) is 15.1 Å². The van der Waals surface area contributed by atoms with E-state index in [2.05, 4.69) is 20.8 Å². The van der Waals surface area contributed by atoms with Crippen molar-refractivity contribution in [3.63, 3.8) is 0 Å². The Morgan fingerprint density at radius 3 is 2.92 bits per heavy atom. The second-order valence-corrected chi connectivity index (χ2v) is 2.34.